The van der Waals surface area contributed by atoms with Crippen molar-refractivity contribution in [1.82, 2.24) is 5.16 Å². The van der Waals surface area contributed by atoms with Crippen LogP contribution in [0.5, 0.6) is 0 Å². The van der Waals surface area contributed by atoms with Crippen molar-refractivity contribution in [1.29, 1.82) is 0 Å². The van der Waals surface area contributed by atoms with Gasteiger partial charge in [0.05, 0.1) is 11.1 Å². The molecule has 1 amide bonds. The quantitative estimate of drug-likeness (QED) is 0.541. The molecule has 1 aromatic heterocycles. The van der Waals surface area contributed by atoms with Gasteiger partial charge in [0.1, 0.15) is 11.6 Å². The van der Waals surface area contributed by atoms with Gasteiger partial charge in [0.15, 0.2) is 0 Å². The van der Waals surface area contributed by atoms with Crippen molar-refractivity contribution in [2.45, 2.75) is 44.4 Å². The highest BCUT2D eigenvalue weighted by atomic mass is 19.4. The fourth-order valence-corrected chi connectivity index (χ4v) is 3.62. The van der Waals surface area contributed by atoms with Gasteiger partial charge in [-0.25, -0.2) is 13.6 Å². The van der Waals surface area contributed by atoms with Gasteiger partial charge < -0.3 is 14.9 Å². The lowest BCUT2D eigenvalue weighted by molar-refractivity contribution is -0.254. The Balaban J connectivity index is 1.98. The minimum Gasteiger partial charge on any atom is -0.373 e. The monoisotopic (exact) mass is 470 g/mol. The normalized spacial score (nSPS) is 14.2. The van der Waals surface area contributed by atoms with Gasteiger partial charge in [0, 0.05) is 23.6 Å². The third kappa shape index (κ3) is 4.58. The van der Waals surface area contributed by atoms with E-state index < -0.39 is 46.8 Å². The first-order chi connectivity index (χ1) is 15.2. The number of nitrogens with one attached hydrogen (secondary N) is 1. The van der Waals surface area contributed by atoms with E-state index >= 15 is 0 Å². The van der Waals surface area contributed by atoms with E-state index in [0.29, 0.717) is 6.07 Å². The Hall–Kier alpha value is -3.34. The minimum atomic E-state index is -5.43. The number of aliphatic hydroxyl groups is 1. The number of fused-ring (bicyclic) bond motifs is 1. The summed E-state index contributed by atoms with van der Waals surface area (Å²) in [4.78, 5) is 24.4. The lowest BCUT2D eigenvalue weighted by Gasteiger charge is -2.36. The van der Waals surface area contributed by atoms with Crippen molar-refractivity contribution in [3.05, 3.63) is 69.7 Å². The molecule has 0 saturated heterocycles. The van der Waals surface area contributed by atoms with Crippen LogP contribution in [0.2, 0.25) is 0 Å². The van der Waals surface area contributed by atoms with Crippen molar-refractivity contribution in [3.63, 3.8) is 0 Å². The third-order valence-corrected chi connectivity index (χ3v) is 5.36. The van der Waals surface area contributed by atoms with E-state index in [2.05, 4.69) is 9.68 Å². The van der Waals surface area contributed by atoms with Gasteiger partial charge in [0.2, 0.25) is 5.60 Å². The Morgan fingerprint density at radius 1 is 1.09 bits per heavy atom. The molecule has 0 aliphatic heterocycles. The number of amides is 1. The van der Waals surface area contributed by atoms with Gasteiger partial charge in [-0.05, 0) is 42.2 Å². The van der Waals surface area contributed by atoms with Crippen LogP contribution in [0.4, 0.5) is 27.6 Å². The van der Waals surface area contributed by atoms with Gasteiger partial charge in [-0.3, -0.25) is 4.79 Å². The van der Waals surface area contributed by atoms with Gasteiger partial charge >= 0.3 is 11.8 Å². The molecule has 0 aliphatic rings. The fraction of sp³-hybridized carbons (Fsp3) is 0.318. The Morgan fingerprint density at radius 3 is 2.36 bits per heavy atom. The molecule has 3 aromatic rings. The largest absolute Gasteiger partial charge is 0.426 e. The number of halogens is 5. The highest BCUT2D eigenvalue weighted by molar-refractivity contribution is 5.99. The summed E-state index contributed by atoms with van der Waals surface area (Å²) in [7, 11) is 0. The van der Waals surface area contributed by atoms with Crippen LogP contribution in [-0.4, -0.2) is 27.9 Å². The van der Waals surface area contributed by atoms with Crippen molar-refractivity contribution in [2.24, 2.45) is 0 Å². The van der Waals surface area contributed by atoms with Gasteiger partial charge in [0.25, 0.3) is 5.91 Å². The first-order valence-corrected chi connectivity index (χ1v) is 9.62. The summed E-state index contributed by atoms with van der Waals surface area (Å²) in [6.07, 6.45) is -6.68. The Kier molecular flexibility index (Phi) is 6.05. The number of carbonyl (C=O) groups excluding carboxylic acids is 1. The molecule has 1 unspecified atom stereocenters. The van der Waals surface area contributed by atoms with E-state index in [-0.39, 0.29) is 27.7 Å². The van der Waals surface area contributed by atoms with Crippen LogP contribution in [-0.2, 0) is 10.2 Å². The van der Waals surface area contributed by atoms with Crippen LogP contribution in [0.3, 0.4) is 0 Å². The zero-order valence-corrected chi connectivity index (χ0v) is 17.7. The van der Waals surface area contributed by atoms with E-state index in [9.17, 15) is 36.6 Å². The van der Waals surface area contributed by atoms with Crippen LogP contribution < -0.4 is 10.9 Å². The number of hydrogen-bond donors (Lipinski definition) is 2. The van der Waals surface area contributed by atoms with Gasteiger partial charge in [-0.15, -0.1) is 0 Å². The van der Waals surface area contributed by atoms with E-state index in [0.717, 1.165) is 18.2 Å². The number of alkyl halides is 3. The molecule has 6 nitrogen and oxygen atoms in total. The molecule has 0 spiro atoms. The van der Waals surface area contributed by atoms with Gasteiger partial charge in [-0.2, -0.15) is 13.2 Å². The molecule has 0 fully saturated rings. The second-order valence-corrected chi connectivity index (χ2v) is 8.31. The highest BCUT2D eigenvalue weighted by Crippen LogP contribution is 2.42. The predicted octanol–water partition coefficient (Wildman–Crippen LogP) is 4.37. The van der Waals surface area contributed by atoms with E-state index in [1.807, 2.05) is 5.32 Å². The Bertz CT molecular complexity index is 1290. The highest BCUT2D eigenvalue weighted by Gasteiger charge is 2.61. The molecule has 3 rings (SSSR count). The number of hydrogen-bond acceptors (Lipinski definition) is 5. The van der Waals surface area contributed by atoms with E-state index in [1.165, 1.54) is 32.9 Å². The lowest BCUT2D eigenvalue weighted by Crippen LogP contribution is -2.57. The van der Waals surface area contributed by atoms with Crippen LogP contribution in [0.25, 0.3) is 10.8 Å². The van der Waals surface area contributed by atoms with Crippen LogP contribution in [0, 0.1) is 18.6 Å². The molecule has 2 aromatic carbocycles. The number of carbonyl (C=O) groups is 1. The summed E-state index contributed by atoms with van der Waals surface area (Å²) >= 11 is 0. The molecule has 176 valence electrons. The smallest absolute Gasteiger partial charge is 0.373 e. The predicted molar refractivity (Wildman–Crippen MR) is 109 cm³/mol. The Morgan fingerprint density at radius 2 is 1.76 bits per heavy atom. The second-order valence-electron chi connectivity index (χ2n) is 8.31. The summed E-state index contributed by atoms with van der Waals surface area (Å²) in [6.45, 7) is 3.87. The zero-order valence-electron chi connectivity index (χ0n) is 17.7. The van der Waals surface area contributed by atoms with Crippen LogP contribution in [0.15, 0.2) is 45.7 Å². The second kappa shape index (κ2) is 8.22. The molecular formula is C22H19F5N2O4. The molecule has 11 heteroatoms. The maximum Gasteiger partial charge on any atom is 0.426 e. The van der Waals surface area contributed by atoms with Crippen molar-refractivity contribution in [2.75, 3.05) is 5.32 Å². The van der Waals surface area contributed by atoms with Crippen molar-refractivity contribution >= 4 is 22.4 Å². The molecule has 2 N–H and O–H groups in total. The summed E-state index contributed by atoms with van der Waals surface area (Å²) in [5, 5.41) is 16.4. The number of benzene rings is 2. The van der Waals surface area contributed by atoms with Gasteiger partial charge in [-0.1, -0.05) is 25.1 Å². The molecule has 0 radical (unpaired) electrons. The first kappa shape index (κ1) is 24.3. The zero-order chi connectivity index (χ0) is 24.8. The molecular weight excluding hydrogens is 451 g/mol. The molecule has 0 bridgehead atoms. The number of aryl methyl sites for hydroxylation is 1. The molecule has 0 aliphatic carbocycles. The standard InChI is InChI=1S/C22H19F5N2O4/c1-11-15-9-13(5-6-14(15)18(30)33-29-11)28-19(31)21(32,22(25,26)27)10-20(2,3)16-7-4-12(23)8-17(16)24/h4-9,32H,10H2,1-3H3,(H,28,31). The fourth-order valence-electron chi connectivity index (χ4n) is 3.62. The number of aromatic nitrogens is 1. The Labute approximate surface area is 184 Å². The maximum absolute atomic E-state index is 14.2. The summed E-state index contributed by atoms with van der Waals surface area (Å²) in [5.41, 5.74) is -6.62. The van der Waals surface area contributed by atoms with Crippen molar-refractivity contribution in [3.8, 4) is 0 Å². The van der Waals surface area contributed by atoms with Crippen molar-refractivity contribution < 1.29 is 36.4 Å². The summed E-state index contributed by atoms with van der Waals surface area (Å²) in [5.74, 6) is -3.84. The molecule has 33 heavy (non-hydrogen) atoms. The summed E-state index contributed by atoms with van der Waals surface area (Å²) in [6, 6.07) is 5.95. The molecule has 0 saturated carbocycles. The SMILES string of the molecule is Cc1noc(=O)c2ccc(NC(=O)C(O)(CC(C)(C)c3ccc(F)cc3F)C(F)(F)F)cc12. The average molecular weight is 470 g/mol. The number of anilines is 1. The van der Waals surface area contributed by atoms with E-state index in [4.69, 9.17) is 0 Å². The topological polar surface area (TPSA) is 92.4 Å². The number of nitrogens with zero attached hydrogens (tertiary/aromatic N) is 1. The van der Waals surface area contributed by atoms with E-state index in [1.54, 1.807) is 0 Å². The first-order valence-electron chi connectivity index (χ1n) is 9.62. The number of rotatable bonds is 5. The minimum absolute atomic E-state index is 0.0968. The van der Waals surface area contributed by atoms with Crippen LogP contribution in [0.1, 0.15) is 31.5 Å². The third-order valence-electron chi connectivity index (χ3n) is 5.36. The van der Waals surface area contributed by atoms with Crippen LogP contribution >= 0.6 is 0 Å². The average Bonchev–Trinajstić information content (AvgIpc) is 2.69. The molecule has 1 atom stereocenters. The maximum atomic E-state index is 14.2. The lowest BCUT2D eigenvalue weighted by atomic mass is 9.74. The molecule has 1 heterocycles. The summed E-state index contributed by atoms with van der Waals surface area (Å²) < 4.78 is 73.8.